The second-order valence-electron chi connectivity index (χ2n) is 3.51. The number of carbonyl (C=O) groups is 2. The van der Waals surface area contributed by atoms with Gasteiger partial charge in [0, 0.05) is 12.5 Å². The average Bonchev–Trinajstić information content (AvgIpc) is 2.14. The van der Waals surface area contributed by atoms with Crippen molar-refractivity contribution in [3.05, 3.63) is 0 Å². The fourth-order valence-corrected chi connectivity index (χ4v) is 1.54. The molecule has 1 fully saturated rings. The fourth-order valence-electron chi connectivity index (χ4n) is 1.54. The molecule has 2 atom stereocenters. The lowest BCUT2D eigenvalue weighted by atomic mass is 9.95. The fraction of sp³-hybridized carbons (Fsp3) is 0.778. The van der Waals surface area contributed by atoms with Crippen LogP contribution in [0.15, 0.2) is 0 Å². The molecule has 0 saturated carbocycles. The summed E-state index contributed by atoms with van der Waals surface area (Å²) in [4.78, 5) is 21.6. The molecule has 1 amide bonds. The van der Waals surface area contributed by atoms with Gasteiger partial charge in [-0.2, -0.15) is 0 Å². The molecule has 14 heavy (non-hydrogen) atoms. The molecule has 1 aliphatic rings. The summed E-state index contributed by atoms with van der Waals surface area (Å²) in [6.07, 6.45) is 1.44. The molecule has 1 aliphatic heterocycles. The van der Waals surface area contributed by atoms with Crippen molar-refractivity contribution >= 4 is 11.9 Å². The second-order valence-corrected chi connectivity index (χ2v) is 3.51. The summed E-state index contributed by atoms with van der Waals surface area (Å²) < 4.78 is 5.29. The van der Waals surface area contributed by atoms with Crippen molar-refractivity contribution in [1.29, 1.82) is 0 Å². The Kier molecular flexibility index (Phi) is 3.88. The highest BCUT2D eigenvalue weighted by Gasteiger charge is 2.25. The van der Waals surface area contributed by atoms with Gasteiger partial charge in [0.25, 0.3) is 0 Å². The summed E-state index contributed by atoms with van der Waals surface area (Å²) in [6, 6.07) is 0. The highest BCUT2D eigenvalue weighted by Crippen LogP contribution is 2.19. The standard InChI is InChI=1S/C9H15NO4/c1-6-4-7(2-3-14-6)9(13)10-5-8(11)12/h6-7H,2-5H2,1H3,(H,10,13)(H,11,12). The van der Waals surface area contributed by atoms with E-state index in [4.69, 9.17) is 9.84 Å². The molecule has 0 aromatic rings. The maximum Gasteiger partial charge on any atom is 0.322 e. The molecule has 5 heteroatoms. The van der Waals surface area contributed by atoms with Crippen LogP contribution in [0, 0.1) is 5.92 Å². The minimum absolute atomic E-state index is 0.0873. The van der Waals surface area contributed by atoms with E-state index in [1.165, 1.54) is 0 Å². The first-order valence-electron chi connectivity index (χ1n) is 4.70. The molecule has 0 aromatic carbocycles. The number of aliphatic carboxylic acids is 1. The van der Waals surface area contributed by atoms with E-state index < -0.39 is 5.97 Å². The van der Waals surface area contributed by atoms with Gasteiger partial charge in [0.2, 0.25) is 5.91 Å². The molecule has 1 rings (SSSR count). The monoisotopic (exact) mass is 201 g/mol. The van der Waals surface area contributed by atoms with Crippen molar-refractivity contribution in [3.63, 3.8) is 0 Å². The van der Waals surface area contributed by atoms with Crippen molar-refractivity contribution in [2.45, 2.75) is 25.9 Å². The Morgan fingerprint density at radius 2 is 2.29 bits per heavy atom. The lowest BCUT2D eigenvalue weighted by molar-refractivity contribution is -0.139. The lowest BCUT2D eigenvalue weighted by Gasteiger charge is -2.26. The maximum absolute atomic E-state index is 11.4. The number of ether oxygens (including phenoxy) is 1. The molecular weight excluding hydrogens is 186 g/mol. The van der Waals surface area contributed by atoms with Crippen LogP contribution >= 0.6 is 0 Å². The molecular formula is C9H15NO4. The number of carbonyl (C=O) groups excluding carboxylic acids is 1. The van der Waals surface area contributed by atoms with Crippen LogP contribution in [0.25, 0.3) is 0 Å². The number of rotatable bonds is 3. The zero-order chi connectivity index (χ0) is 10.6. The van der Waals surface area contributed by atoms with Gasteiger partial charge >= 0.3 is 5.97 Å². The van der Waals surface area contributed by atoms with Gasteiger partial charge in [-0.25, -0.2) is 0 Å². The quantitative estimate of drug-likeness (QED) is 0.674. The Balaban J connectivity index is 2.32. The van der Waals surface area contributed by atoms with Gasteiger partial charge in [-0.15, -0.1) is 0 Å². The summed E-state index contributed by atoms with van der Waals surface area (Å²) in [6.45, 7) is 2.19. The van der Waals surface area contributed by atoms with E-state index in [0.717, 1.165) is 0 Å². The second kappa shape index (κ2) is 4.95. The van der Waals surface area contributed by atoms with Crippen molar-refractivity contribution in [2.24, 2.45) is 5.92 Å². The molecule has 1 saturated heterocycles. The highest BCUT2D eigenvalue weighted by molar-refractivity contribution is 5.82. The maximum atomic E-state index is 11.4. The largest absolute Gasteiger partial charge is 0.480 e. The number of hydrogen-bond acceptors (Lipinski definition) is 3. The Hall–Kier alpha value is -1.10. The van der Waals surface area contributed by atoms with Crippen LogP contribution in [-0.2, 0) is 14.3 Å². The zero-order valence-electron chi connectivity index (χ0n) is 8.16. The summed E-state index contributed by atoms with van der Waals surface area (Å²) >= 11 is 0. The van der Waals surface area contributed by atoms with Crippen LogP contribution in [-0.4, -0.2) is 36.2 Å². The first kappa shape index (κ1) is 11.0. The third kappa shape index (κ3) is 3.33. The SMILES string of the molecule is CC1CC(C(=O)NCC(=O)O)CCO1. The number of amides is 1. The van der Waals surface area contributed by atoms with Crippen molar-refractivity contribution in [2.75, 3.05) is 13.2 Å². The Bertz CT molecular complexity index is 229. The molecule has 2 unspecified atom stereocenters. The van der Waals surface area contributed by atoms with Crippen molar-refractivity contribution in [3.8, 4) is 0 Å². The van der Waals surface area contributed by atoms with E-state index in [1.54, 1.807) is 0 Å². The van der Waals surface area contributed by atoms with Crippen LogP contribution in [0.2, 0.25) is 0 Å². The van der Waals surface area contributed by atoms with Gasteiger partial charge in [0.15, 0.2) is 0 Å². The van der Waals surface area contributed by atoms with Crippen molar-refractivity contribution in [1.82, 2.24) is 5.32 Å². The van der Waals surface area contributed by atoms with E-state index >= 15 is 0 Å². The predicted molar refractivity (Wildman–Crippen MR) is 48.8 cm³/mol. The molecule has 0 bridgehead atoms. The average molecular weight is 201 g/mol. The molecule has 5 nitrogen and oxygen atoms in total. The molecule has 0 radical (unpaired) electrons. The van der Waals surface area contributed by atoms with Crippen LogP contribution in [0.4, 0.5) is 0 Å². The lowest BCUT2D eigenvalue weighted by Crippen LogP contribution is -2.38. The van der Waals surface area contributed by atoms with E-state index in [2.05, 4.69) is 5.32 Å². The molecule has 0 aromatic heterocycles. The summed E-state index contributed by atoms with van der Waals surface area (Å²) in [5, 5.41) is 10.8. The van der Waals surface area contributed by atoms with Gasteiger partial charge in [-0.1, -0.05) is 0 Å². The third-order valence-electron chi connectivity index (χ3n) is 2.27. The topological polar surface area (TPSA) is 75.6 Å². The molecule has 0 aliphatic carbocycles. The number of hydrogen-bond donors (Lipinski definition) is 2. The van der Waals surface area contributed by atoms with Gasteiger partial charge < -0.3 is 15.2 Å². The molecule has 2 N–H and O–H groups in total. The minimum Gasteiger partial charge on any atom is -0.480 e. The van der Waals surface area contributed by atoms with Gasteiger partial charge in [-0.05, 0) is 19.8 Å². The Morgan fingerprint density at radius 3 is 2.86 bits per heavy atom. The van der Waals surface area contributed by atoms with Crippen molar-refractivity contribution < 1.29 is 19.4 Å². The summed E-state index contributed by atoms with van der Waals surface area (Å²) in [5.74, 6) is -1.29. The van der Waals surface area contributed by atoms with E-state index in [1.807, 2.05) is 6.92 Å². The van der Waals surface area contributed by atoms with Crippen LogP contribution in [0.5, 0.6) is 0 Å². The normalized spacial score (nSPS) is 26.9. The van der Waals surface area contributed by atoms with Gasteiger partial charge in [0.05, 0.1) is 6.10 Å². The zero-order valence-corrected chi connectivity index (χ0v) is 8.16. The van der Waals surface area contributed by atoms with Crippen LogP contribution in [0.1, 0.15) is 19.8 Å². The first-order chi connectivity index (χ1) is 6.59. The molecule has 1 heterocycles. The number of nitrogens with one attached hydrogen (secondary N) is 1. The number of carboxylic acids is 1. The van der Waals surface area contributed by atoms with Gasteiger partial charge in [0.1, 0.15) is 6.54 Å². The summed E-state index contributed by atoms with van der Waals surface area (Å²) in [7, 11) is 0. The van der Waals surface area contributed by atoms with Crippen LogP contribution < -0.4 is 5.32 Å². The number of carboxylic acid groups (broad SMARTS) is 1. The first-order valence-corrected chi connectivity index (χ1v) is 4.70. The smallest absolute Gasteiger partial charge is 0.322 e. The van der Waals surface area contributed by atoms with E-state index in [-0.39, 0.29) is 24.5 Å². The van der Waals surface area contributed by atoms with Gasteiger partial charge in [-0.3, -0.25) is 9.59 Å². The van der Waals surface area contributed by atoms with Crippen LogP contribution in [0.3, 0.4) is 0 Å². The third-order valence-corrected chi connectivity index (χ3v) is 2.27. The Labute approximate surface area is 82.4 Å². The van der Waals surface area contributed by atoms with E-state index in [9.17, 15) is 9.59 Å². The highest BCUT2D eigenvalue weighted by atomic mass is 16.5. The Morgan fingerprint density at radius 1 is 1.57 bits per heavy atom. The molecule has 80 valence electrons. The summed E-state index contributed by atoms with van der Waals surface area (Å²) in [5.41, 5.74) is 0. The van der Waals surface area contributed by atoms with E-state index in [0.29, 0.717) is 19.4 Å². The minimum atomic E-state index is -1.02. The predicted octanol–water partition coefficient (Wildman–Crippen LogP) is 0.00230. The molecule has 0 spiro atoms.